The Labute approximate surface area is 143 Å². The fraction of sp³-hybridized carbons (Fsp3) is 0.400. The molecule has 0 aromatic heterocycles. The summed E-state index contributed by atoms with van der Waals surface area (Å²) in [6.45, 7) is 3.02. The average Bonchev–Trinajstić information content (AvgIpc) is 2.55. The van der Waals surface area contributed by atoms with Crippen molar-refractivity contribution >= 4 is 28.1 Å². The number of hydrazone groups is 1. The topological polar surface area (TPSA) is 86.9 Å². The Morgan fingerprint density at radius 2 is 2.30 bits per heavy atom. The van der Waals surface area contributed by atoms with E-state index in [4.69, 9.17) is 14.7 Å². The molecule has 0 unspecified atom stereocenters. The summed E-state index contributed by atoms with van der Waals surface area (Å²) in [6, 6.07) is 7.25. The fourth-order valence-corrected chi connectivity index (χ4v) is 2.41. The maximum absolute atomic E-state index is 11.8. The summed E-state index contributed by atoms with van der Waals surface area (Å²) in [5.41, 5.74) is 3.16. The second-order valence-corrected chi connectivity index (χ2v) is 5.73. The van der Waals surface area contributed by atoms with Crippen LogP contribution in [0.25, 0.3) is 0 Å². The van der Waals surface area contributed by atoms with Crippen molar-refractivity contribution in [2.24, 2.45) is 5.10 Å². The summed E-state index contributed by atoms with van der Waals surface area (Å²) in [5, 5.41) is 12.5. The molecule has 0 atom stereocenters. The van der Waals surface area contributed by atoms with E-state index in [1.165, 1.54) is 6.21 Å². The summed E-state index contributed by atoms with van der Waals surface area (Å²) in [7, 11) is 0. The molecule has 0 radical (unpaired) electrons. The summed E-state index contributed by atoms with van der Waals surface area (Å²) >= 11 is 3.36. The number of benzene rings is 1. The molecular weight excluding hydrogens is 364 g/mol. The number of nitrogens with one attached hydrogen (secondary N) is 1. The molecule has 1 saturated heterocycles. The first kappa shape index (κ1) is 17.4. The van der Waals surface area contributed by atoms with E-state index >= 15 is 0 Å². The molecule has 0 spiro atoms. The minimum Gasteiger partial charge on any atom is -0.478 e. The van der Waals surface area contributed by atoms with E-state index in [1.807, 2.05) is 11.0 Å². The molecular formula is C15H17BrN4O3. The maximum Gasteiger partial charge on any atom is 0.254 e. The van der Waals surface area contributed by atoms with Gasteiger partial charge < -0.3 is 9.47 Å². The summed E-state index contributed by atoms with van der Waals surface area (Å²) in [4.78, 5) is 13.8. The van der Waals surface area contributed by atoms with Gasteiger partial charge in [-0.25, -0.2) is 5.43 Å². The number of carbonyl (C=O) groups excluding carboxylic acids is 1. The van der Waals surface area contributed by atoms with Gasteiger partial charge >= 0.3 is 0 Å². The number of ether oxygens (including phenoxy) is 2. The highest BCUT2D eigenvalue weighted by Gasteiger charge is 2.13. The SMILES string of the molecule is N#CCOc1ccc(Br)cc1C=NNC(=O)CN1CCOCC1. The van der Waals surface area contributed by atoms with Gasteiger partial charge in [-0.15, -0.1) is 0 Å². The minimum atomic E-state index is -0.183. The van der Waals surface area contributed by atoms with Crippen molar-refractivity contribution in [3.63, 3.8) is 0 Å². The van der Waals surface area contributed by atoms with E-state index in [0.717, 1.165) is 17.6 Å². The molecule has 1 aliphatic heterocycles. The lowest BCUT2D eigenvalue weighted by atomic mass is 10.2. The lowest BCUT2D eigenvalue weighted by Gasteiger charge is -2.25. The van der Waals surface area contributed by atoms with E-state index in [1.54, 1.807) is 18.2 Å². The van der Waals surface area contributed by atoms with Crippen LogP contribution in [0.1, 0.15) is 5.56 Å². The third kappa shape index (κ3) is 5.98. The van der Waals surface area contributed by atoms with Gasteiger partial charge in [-0.2, -0.15) is 10.4 Å². The predicted molar refractivity (Wildman–Crippen MR) is 88.2 cm³/mol. The van der Waals surface area contributed by atoms with Gasteiger partial charge in [0, 0.05) is 23.1 Å². The quantitative estimate of drug-likeness (QED) is 0.590. The molecule has 0 bridgehead atoms. The van der Waals surface area contributed by atoms with Crippen LogP contribution in [-0.2, 0) is 9.53 Å². The molecule has 1 aromatic carbocycles. The van der Waals surface area contributed by atoms with Gasteiger partial charge in [0.05, 0.1) is 26.0 Å². The molecule has 1 fully saturated rings. The van der Waals surface area contributed by atoms with Crippen LogP contribution in [0.4, 0.5) is 0 Å². The molecule has 0 aliphatic carbocycles. The van der Waals surface area contributed by atoms with Crippen LogP contribution in [-0.4, -0.2) is 56.5 Å². The van der Waals surface area contributed by atoms with Crippen molar-refractivity contribution in [1.29, 1.82) is 5.26 Å². The highest BCUT2D eigenvalue weighted by molar-refractivity contribution is 9.10. The second kappa shape index (κ2) is 9.25. The van der Waals surface area contributed by atoms with Crippen LogP contribution in [0.2, 0.25) is 0 Å². The molecule has 1 aliphatic rings. The van der Waals surface area contributed by atoms with Crippen LogP contribution < -0.4 is 10.2 Å². The Morgan fingerprint density at radius 1 is 1.52 bits per heavy atom. The van der Waals surface area contributed by atoms with Crippen molar-refractivity contribution in [3.05, 3.63) is 28.2 Å². The average molecular weight is 381 g/mol. The van der Waals surface area contributed by atoms with E-state index in [0.29, 0.717) is 24.5 Å². The highest BCUT2D eigenvalue weighted by atomic mass is 79.9. The van der Waals surface area contributed by atoms with Crippen LogP contribution in [0.15, 0.2) is 27.8 Å². The van der Waals surface area contributed by atoms with Gasteiger partial charge in [-0.3, -0.25) is 9.69 Å². The molecule has 23 heavy (non-hydrogen) atoms. The Morgan fingerprint density at radius 3 is 3.04 bits per heavy atom. The largest absolute Gasteiger partial charge is 0.478 e. The van der Waals surface area contributed by atoms with Gasteiger partial charge in [-0.1, -0.05) is 15.9 Å². The van der Waals surface area contributed by atoms with E-state index in [9.17, 15) is 4.79 Å². The number of halogens is 1. The zero-order valence-electron chi connectivity index (χ0n) is 12.5. The smallest absolute Gasteiger partial charge is 0.254 e. The number of morpholine rings is 1. The van der Waals surface area contributed by atoms with Gasteiger partial charge in [0.2, 0.25) is 0 Å². The molecule has 2 rings (SSSR count). The van der Waals surface area contributed by atoms with Crippen molar-refractivity contribution < 1.29 is 14.3 Å². The normalized spacial score (nSPS) is 15.3. The Bertz CT molecular complexity index is 609. The summed E-state index contributed by atoms with van der Waals surface area (Å²) < 4.78 is 11.4. The third-order valence-electron chi connectivity index (χ3n) is 3.13. The van der Waals surface area contributed by atoms with Crippen LogP contribution in [0, 0.1) is 11.3 Å². The lowest BCUT2D eigenvalue weighted by Crippen LogP contribution is -2.42. The van der Waals surface area contributed by atoms with Crippen molar-refractivity contribution in [2.45, 2.75) is 0 Å². The van der Waals surface area contributed by atoms with Crippen LogP contribution >= 0.6 is 15.9 Å². The van der Waals surface area contributed by atoms with E-state index in [-0.39, 0.29) is 19.1 Å². The van der Waals surface area contributed by atoms with Crippen LogP contribution in [0.5, 0.6) is 5.75 Å². The first-order valence-corrected chi connectivity index (χ1v) is 7.89. The van der Waals surface area contributed by atoms with E-state index < -0.39 is 0 Å². The molecule has 0 saturated carbocycles. The number of hydrogen-bond donors (Lipinski definition) is 1. The Kier molecular flexibility index (Phi) is 7.00. The number of nitriles is 1. The maximum atomic E-state index is 11.8. The zero-order valence-corrected chi connectivity index (χ0v) is 14.1. The number of rotatable bonds is 6. The van der Waals surface area contributed by atoms with Gasteiger partial charge in [0.1, 0.15) is 11.8 Å². The standard InChI is InChI=1S/C15H17BrN4O3/c16-13-1-2-14(23-6-3-17)12(9-13)10-18-19-15(21)11-20-4-7-22-8-5-20/h1-2,9-10H,4-8,11H2,(H,19,21). The first-order valence-electron chi connectivity index (χ1n) is 7.10. The second-order valence-electron chi connectivity index (χ2n) is 4.81. The number of carbonyl (C=O) groups is 1. The number of nitrogens with zero attached hydrogens (tertiary/aromatic N) is 3. The predicted octanol–water partition coefficient (Wildman–Crippen LogP) is 1.13. The zero-order chi connectivity index (χ0) is 16.5. The van der Waals surface area contributed by atoms with Gasteiger partial charge in [0.25, 0.3) is 5.91 Å². The number of hydrogen-bond acceptors (Lipinski definition) is 6. The minimum absolute atomic E-state index is 0.0497. The first-order chi connectivity index (χ1) is 11.2. The number of amides is 1. The Balaban J connectivity index is 1.90. The Hall–Kier alpha value is -1.95. The monoisotopic (exact) mass is 380 g/mol. The van der Waals surface area contributed by atoms with Crippen molar-refractivity contribution in [1.82, 2.24) is 10.3 Å². The molecule has 8 heteroatoms. The highest BCUT2D eigenvalue weighted by Crippen LogP contribution is 2.21. The van der Waals surface area contributed by atoms with Gasteiger partial charge in [-0.05, 0) is 18.2 Å². The van der Waals surface area contributed by atoms with Crippen molar-refractivity contribution in [3.8, 4) is 11.8 Å². The summed E-state index contributed by atoms with van der Waals surface area (Å²) in [6.07, 6.45) is 1.49. The molecule has 1 amide bonds. The summed E-state index contributed by atoms with van der Waals surface area (Å²) in [5.74, 6) is 0.346. The van der Waals surface area contributed by atoms with Crippen molar-refractivity contribution in [2.75, 3.05) is 39.5 Å². The molecule has 1 aromatic rings. The fourth-order valence-electron chi connectivity index (χ4n) is 2.03. The van der Waals surface area contributed by atoms with E-state index in [2.05, 4.69) is 26.5 Å². The molecule has 7 nitrogen and oxygen atoms in total. The van der Waals surface area contributed by atoms with Gasteiger partial charge in [0.15, 0.2) is 6.61 Å². The molecule has 1 N–H and O–H groups in total. The lowest BCUT2D eigenvalue weighted by molar-refractivity contribution is -0.123. The molecule has 1 heterocycles. The van der Waals surface area contributed by atoms with Crippen LogP contribution in [0.3, 0.4) is 0 Å². The molecule has 122 valence electrons. The third-order valence-corrected chi connectivity index (χ3v) is 3.62.